The Hall–Kier alpha value is -2.67. The number of piperazine rings is 1. The highest BCUT2D eigenvalue weighted by atomic mass is 35.5. The highest BCUT2D eigenvalue weighted by Crippen LogP contribution is 2.21. The maximum Gasteiger partial charge on any atom is 0.275 e. The molecule has 1 fully saturated rings. The zero-order valence-electron chi connectivity index (χ0n) is 12.9. The highest BCUT2D eigenvalue weighted by Gasteiger charge is 2.18. The number of rotatable bonds is 4. The Morgan fingerprint density at radius 1 is 1.12 bits per heavy atom. The van der Waals surface area contributed by atoms with Crippen molar-refractivity contribution in [3.05, 3.63) is 47.4 Å². The molecule has 1 N–H and O–H groups in total. The van der Waals surface area contributed by atoms with Gasteiger partial charge in [0.1, 0.15) is 11.5 Å². The molecule has 3 rings (SSSR count). The molecule has 24 heavy (non-hydrogen) atoms. The van der Waals surface area contributed by atoms with Crippen molar-refractivity contribution >= 4 is 35.4 Å². The van der Waals surface area contributed by atoms with Crippen molar-refractivity contribution in [2.75, 3.05) is 36.4 Å². The van der Waals surface area contributed by atoms with Crippen LogP contribution in [0.4, 0.5) is 11.5 Å². The Labute approximate surface area is 144 Å². The van der Waals surface area contributed by atoms with E-state index in [1.165, 1.54) is 6.20 Å². The van der Waals surface area contributed by atoms with E-state index in [4.69, 9.17) is 11.6 Å². The molecule has 0 bridgehead atoms. The van der Waals surface area contributed by atoms with Gasteiger partial charge in [0.2, 0.25) is 6.41 Å². The number of hydrogen-bond acceptors (Lipinski definition) is 5. The van der Waals surface area contributed by atoms with Crippen molar-refractivity contribution in [2.45, 2.75) is 0 Å². The Morgan fingerprint density at radius 2 is 1.88 bits per heavy atom. The van der Waals surface area contributed by atoms with E-state index in [-0.39, 0.29) is 11.6 Å². The molecule has 0 atom stereocenters. The van der Waals surface area contributed by atoms with Crippen molar-refractivity contribution in [2.24, 2.45) is 0 Å². The summed E-state index contributed by atoms with van der Waals surface area (Å²) in [5.74, 6) is 0.322. The topological polar surface area (TPSA) is 78.4 Å². The third-order valence-corrected chi connectivity index (χ3v) is 4.11. The van der Waals surface area contributed by atoms with Crippen LogP contribution in [0.25, 0.3) is 0 Å². The minimum absolute atomic E-state index is 0.213. The fourth-order valence-corrected chi connectivity index (χ4v) is 2.59. The second-order valence-electron chi connectivity index (χ2n) is 5.32. The summed E-state index contributed by atoms with van der Waals surface area (Å²) in [6.07, 6.45) is 3.86. The molecule has 1 aromatic heterocycles. The molecule has 1 aliphatic rings. The van der Waals surface area contributed by atoms with Gasteiger partial charge in [-0.2, -0.15) is 0 Å². The predicted molar refractivity (Wildman–Crippen MR) is 91.3 cm³/mol. The summed E-state index contributed by atoms with van der Waals surface area (Å²) in [7, 11) is 0. The summed E-state index contributed by atoms with van der Waals surface area (Å²) in [5.41, 5.74) is 0.741. The van der Waals surface area contributed by atoms with Crippen LogP contribution in [0.2, 0.25) is 5.02 Å². The van der Waals surface area contributed by atoms with E-state index in [1.54, 1.807) is 35.4 Å². The lowest BCUT2D eigenvalue weighted by atomic mass is 10.3. The first kappa shape index (κ1) is 16.2. The normalized spacial score (nSPS) is 14.4. The Balaban J connectivity index is 1.65. The standard InChI is InChI=1S/C16H16ClN5O2/c17-12-3-1-2-4-13(12)20-16(24)14-9-19-15(10-18-14)22-7-5-21(11-23)6-8-22/h1-4,9-11H,5-8H2,(H,20,24). The molecule has 2 aromatic rings. The van der Waals surface area contributed by atoms with E-state index in [2.05, 4.69) is 15.3 Å². The fourth-order valence-electron chi connectivity index (χ4n) is 2.41. The molecule has 0 radical (unpaired) electrons. The third-order valence-electron chi connectivity index (χ3n) is 3.78. The summed E-state index contributed by atoms with van der Waals surface area (Å²) in [6, 6.07) is 6.99. The number of amides is 2. The second kappa shape index (κ2) is 7.27. The van der Waals surface area contributed by atoms with Crippen LogP contribution in [-0.4, -0.2) is 53.4 Å². The molecule has 0 saturated carbocycles. The summed E-state index contributed by atoms with van der Waals surface area (Å²) >= 11 is 6.02. The van der Waals surface area contributed by atoms with Crippen LogP contribution in [0.5, 0.6) is 0 Å². The molecule has 124 valence electrons. The van der Waals surface area contributed by atoms with Crippen molar-refractivity contribution in [1.82, 2.24) is 14.9 Å². The SMILES string of the molecule is O=CN1CCN(c2cnc(C(=O)Nc3ccccc3Cl)cn2)CC1. The Morgan fingerprint density at radius 3 is 2.50 bits per heavy atom. The van der Waals surface area contributed by atoms with Crippen LogP contribution in [0.15, 0.2) is 36.7 Å². The van der Waals surface area contributed by atoms with Crippen LogP contribution >= 0.6 is 11.6 Å². The summed E-state index contributed by atoms with van der Waals surface area (Å²) in [6.45, 7) is 2.69. The minimum Gasteiger partial charge on any atom is -0.352 e. The van der Waals surface area contributed by atoms with Gasteiger partial charge in [-0.25, -0.2) is 9.97 Å². The lowest BCUT2D eigenvalue weighted by Gasteiger charge is -2.33. The van der Waals surface area contributed by atoms with Crippen LogP contribution in [0.1, 0.15) is 10.5 Å². The van der Waals surface area contributed by atoms with Gasteiger partial charge in [-0.1, -0.05) is 23.7 Å². The average Bonchev–Trinajstić information content (AvgIpc) is 2.64. The van der Waals surface area contributed by atoms with Crippen molar-refractivity contribution < 1.29 is 9.59 Å². The Bertz CT molecular complexity index is 730. The lowest BCUT2D eigenvalue weighted by molar-refractivity contribution is -0.118. The van der Waals surface area contributed by atoms with Crippen molar-refractivity contribution in [3.63, 3.8) is 0 Å². The van der Waals surface area contributed by atoms with Gasteiger partial charge in [-0.05, 0) is 12.1 Å². The zero-order valence-corrected chi connectivity index (χ0v) is 13.6. The van der Waals surface area contributed by atoms with Crippen molar-refractivity contribution in [1.29, 1.82) is 0 Å². The number of carbonyl (C=O) groups excluding carboxylic acids is 2. The minimum atomic E-state index is -0.368. The third kappa shape index (κ3) is 3.62. The van der Waals surface area contributed by atoms with Gasteiger partial charge in [0.05, 0.1) is 23.1 Å². The molecule has 7 nitrogen and oxygen atoms in total. The molecular weight excluding hydrogens is 330 g/mol. The number of benzene rings is 1. The molecule has 0 unspecified atom stereocenters. The first-order chi connectivity index (χ1) is 11.7. The molecule has 0 aliphatic carbocycles. The Kier molecular flexibility index (Phi) is 4.90. The monoisotopic (exact) mass is 345 g/mol. The van der Waals surface area contributed by atoms with E-state index in [1.807, 2.05) is 4.90 Å². The summed E-state index contributed by atoms with van der Waals surface area (Å²) in [5, 5.41) is 3.17. The number of anilines is 2. The highest BCUT2D eigenvalue weighted by molar-refractivity contribution is 6.33. The van der Waals surface area contributed by atoms with Crippen LogP contribution in [0, 0.1) is 0 Å². The van der Waals surface area contributed by atoms with E-state index >= 15 is 0 Å². The molecule has 1 aromatic carbocycles. The van der Waals surface area contributed by atoms with Gasteiger partial charge < -0.3 is 15.1 Å². The number of halogens is 1. The van der Waals surface area contributed by atoms with Gasteiger partial charge in [0.15, 0.2) is 0 Å². The summed E-state index contributed by atoms with van der Waals surface area (Å²) in [4.78, 5) is 35.2. The maximum atomic E-state index is 12.2. The van der Waals surface area contributed by atoms with Gasteiger partial charge in [-0.3, -0.25) is 9.59 Å². The zero-order chi connectivity index (χ0) is 16.9. The second-order valence-corrected chi connectivity index (χ2v) is 5.73. The first-order valence-corrected chi connectivity index (χ1v) is 7.87. The molecule has 2 amide bonds. The first-order valence-electron chi connectivity index (χ1n) is 7.49. The fraction of sp³-hybridized carbons (Fsp3) is 0.250. The van der Waals surface area contributed by atoms with Gasteiger partial charge >= 0.3 is 0 Å². The van der Waals surface area contributed by atoms with Crippen molar-refractivity contribution in [3.8, 4) is 0 Å². The van der Waals surface area contributed by atoms with Crippen LogP contribution in [0.3, 0.4) is 0 Å². The molecule has 8 heteroatoms. The van der Waals surface area contributed by atoms with Gasteiger partial charge in [0, 0.05) is 26.2 Å². The number of nitrogens with zero attached hydrogens (tertiary/aromatic N) is 4. The van der Waals surface area contributed by atoms with E-state index in [9.17, 15) is 9.59 Å². The largest absolute Gasteiger partial charge is 0.352 e. The molecule has 1 saturated heterocycles. The lowest BCUT2D eigenvalue weighted by Crippen LogP contribution is -2.46. The molecule has 2 heterocycles. The summed E-state index contributed by atoms with van der Waals surface area (Å²) < 4.78 is 0. The average molecular weight is 346 g/mol. The number of hydrogen-bond donors (Lipinski definition) is 1. The quantitative estimate of drug-likeness (QED) is 0.853. The van der Waals surface area contributed by atoms with E-state index in [0.717, 1.165) is 6.41 Å². The predicted octanol–water partition coefficient (Wildman–Crippen LogP) is 1.66. The van der Waals surface area contributed by atoms with E-state index < -0.39 is 0 Å². The number of carbonyl (C=O) groups is 2. The maximum absolute atomic E-state index is 12.2. The molecule has 0 spiro atoms. The van der Waals surface area contributed by atoms with Gasteiger partial charge in [-0.15, -0.1) is 0 Å². The number of nitrogens with one attached hydrogen (secondary N) is 1. The van der Waals surface area contributed by atoms with Crippen LogP contribution < -0.4 is 10.2 Å². The van der Waals surface area contributed by atoms with Gasteiger partial charge in [0.25, 0.3) is 5.91 Å². The smallest absolute Gasteiger partial charge is 0.275 e. The number of aromatic nitrogens is 2. The molecular formula is C16H16ClN5O2. The number of para-hydroxylation sites is 1. The van der Waals surface area contributed by atoms with E-state index in [0.29, 0.717) is 42.7 Å². The van der Waals surface area contributed by atoms with Crippen LogP contribution in [-0.2, 0) is 4.79 Å². The molecule has 1 aliphatic heterocycles.